The zero-order chi connectivity index (χ0) is 11.6. The monoisotopic (exact) mass is 266 g/mol. The van der Waals surface area contributed by atoms with Gasteiger partial charge in [-0.25, -0.2) is 0 Å². The van der Waals surface area contributed by atoms with E-state index >= 15 is 0 Å². The summed E-state index contributed by atoms with van der Waals surface area (Å²) in [5, 5.41) is 0. The van der Waals surface area contributed by atoms with Gasteiger partial charge >= 0.3 is 0 Å². The average Bonchev–Trinajstić information content (AvgIpc) is 2.54. The number of carbonyl (C=O) groups excluding carboxylic acids is 1. The first kappa shape index (κ1) is 12.8. The number of hydrogen-bond donors (Lipinski definition) is 1. The lowest BCUT2D eigenvalue weighted by Gasteiger charge is -2.23. The van der Waals surface area contributed by atoms with Crippen LogP contribution in [0.4, 0.5) is 0 Å². The molecule has 0 aromatic carbocycles. The first-order valence-corrected chi connectivity index (χ1v) is 5.96. The first-order chi connectivity index (χ1) is 6.97. The highest BCUT2D eigenvalue weighted by molar-refractivity contribution is 7.20. The molecule has 1 unspecified atom stereocenters. The van der Waals surface area contributed by atoms with Gasteiger partial charge in [-0.15, -0.1) is 11.3 Å². The quantitative estimate of drug-likeness (QED) is 0.914. The molecular formula is C9H12Cl2N2OS. The van der Waals surface area contributed by atoms with E-state index < -0.39 is 0 Å². The van der Waals surface area contributed by atoms with Crippen molar-refractivity contribution < 1.29 is 4.79 Å². The third kappa shape index (κ3) is 2.84. The van der Waals surface area contributed by atoms with Crippen LogP contribution in [0.5, 0.6) is 0 Å². The van der Waals surface area contributed by atoms with Crippen molar-refractivity contribution in [3.05, 3.63) is 20.3 Å². The van der Waals surface area contributed by atoms with E-state index in [0.29, 0.717) is 20.8 Å². The molecule has 0 aliphatic carbocycles. The van der Waals surface area contributed by atoms with Gasteiger partial charge in [0.25, 0.3) is 5.91 Å². The van der Waals surface area contributed by atoms with Gasteiger partial charge in [-0.3, -0.25) is 4.79 Å². The highest BCUT2D eigenvalue weighted by Crippen LogP contribution is 2.31. The zero-order valence-electron chi connectivity index (χ0n) is 8.46. The second kappa shape index (κ2) is 5.16. The first-order valence-electron chi connectivity index (χ1n) is 4.39. The average molecular weight is 267 g/mol. The van der Waals surface area contributed by atoms with Crippen LogP contribution < -0.4 is 5.73 Å². The molecule has 0 fully saturated rings. The Bertz CT molecular complexity index is 367. The Labute approximate surface area is 103 Å². The lowest BCUT2D eigenvalue weighted by atomic mass is 10.2. The van der Waals surface area contributed by atoms with E-state index in [4.69, 9.17) is 28.9 Å². The van der Waals surface area contributed by atoms with Gasteiger partial charge in [0.2, 0.25) is 0 Å². The molecule has 1 atom stereocenters. The fourth-order valence-electron chi connectivity index (χ4n) is 1.03. The maximum atomic E-state index is 11.9. The molecule has 1 heterocycles. The second-order valence-electron chi connectivity index (χ2n) is 3.24. The molecule has 0 spiro atoms. The van der Waals surface area contributed by atoms with E-state index in [1.165, 1.54) is 11.3 Å². The molecule has 0 radical (unpaired) electrons. The van der Waals surface area contributed by atoms with E-state index in [-0.39, 0.29) is 11.9 Å². The van der Waals surface area contributed by atoms with E-state index in [1.807, 2.05) is 6.92 Å². The Kier molecular flexibility index (Phi) is 4.40. The number of hydrogen-bond acceptors (Lipinski definition) is 3. The summed E-state index contributed by atoms with van der Waals surface area (Å²) in [5.41, 5.74) is 5.92. The summed E-state index contributed by atoms with van der Waals surface area (Å²) in [7, 11) is 1.70. The molecule has 0 saturated carbocycles. The summed E-state index contributed by atoms with van der Waals surface area (Å²) in [6.07, 6.45) is 0. The Morgan fingerprint density at radius 3 is 2.67 bits per heavy atom. The van der Waals surface area contributed by atoms with Crippen LogP contribution >= 0.6 is 34.5 Å². The predicted molar refractivity (Wildman–Crippen MR) is 64.9 cm³/mol. The Morgan fingerprint density at radius 1 is 1.67 bits per heavy atom. The van der Waals surface area contributed by atoms with Gasteiger partial charge in [-0.2, -0.15) is 0 Å². The Hall–Kier alpha value is -0.290. The van der Waals surface area contributed by atoms with Crippen molar-refractivity contribution >= 4 is 40.4 Å². The summed E-state index contributed by atoms with van der Waals surface area (Å²) in [6.45, 7) is 2.29. The molecule has 0 aliphatic heterocycles. The van der Waals surface area contributed by atoms with Crippen molar-refractivity contribution in [2.24, 2.45) is 5.73 Å². The number of likely N-dealkylation sites (N-methyl/N-ethyl adjacent to an activating group) is 1. The highest BCUT2D eigenvalue weighted by atomic mass is 35.5. The molecule has 0 aliphatic rings. The molecule has 2 N–H and O–H groups in total. The topological polar surface area (TPSA) is 46.3 Å². The van der Waals surface area contributed by atoms with Crippen molar-refractivity contribution in [3.63, 3.8) is 0 Å². The second-order valence-corrected chi connectivity index (χ2v) is 5.52. The highest BCUT2D eigenvalue weighted by Gasteiger charge is 2.20. The maximum Gasteiger partial charge on any atom is 0.256 e. The number of thiophene rings is 1. The van der Waals surface area contributed by atoms with E-state index in [1.54, 1.807) is 18.0 Å². The van der Waals surface area contributed by atoms with Crippen LogP contribution in [0.3, 0.4) is 0 Å². The van der Waals surface area contributed by atoms with Crippen molar-refractivity contribution in [2.75, 3.05) is 13.6 Å². The summed E-state index contributed by atoms with van der Waals surface area (Å²) in [4.78, 5) is 13.5. The molecule has 0 saturated heterocycles. The molecule has 1 aromatic rings. The molecule has 3 nitrogen and oxygen atoms in total. The third-order valence-corrected chi connectivity index (χ3v) is 3.70. The fraction of sp³-hybridized carbons (Fsp3) is 0.444. The van der Waals surface area contributed by atoms with Crippen LogP contribution in [-0.2, 0) is 0 Å². The molecule has 1 rings (SSSR count). The SMILES string of the molecule is CC(CN)N(C)C(=O)c1cc(Cl)sc1Cl. The largest absolute Gasteiger partial charge is 0.338 e. The normalized spacial score (nSPS) is 12.6. The van der Waals surface area contributed by atoms with Gasteiger partial charge < -0.3 is 10.6 Å². The fourth-order valence-corrected chi connectivity index (χ4v) is 2.48. The van der Waals surface area contributed by atoms with Crippen molar-refractivity contribution in [2.45, 2.75) is 13.0 Å². The van der Waals surface area contributed by atoms with Crippen LogP contribution in [0.2, 0.25) is 8.67 Å². The minimum absolute atomic E-state index is 0.0211. The summed E-state index contributed by atoms with van der Waals surface area (Å²) in [6, 6.07) is 1.56. The lowest BCUT2D eigenvalue weighted by molar-refractivity contribution is 0.0749. The van der Waals surface area contributed by atoms with Crippen LogP contribution in [-0.4, -0.2) is 30.4 Å². The number of nitrogens with two attached hydrogens (primary N) is 1. The van der Waals surface area contributed by atoms with Crippen LogP contribution in [0.25, 0.3) is 0 Å². The number of carbonyl (C=O) groups is 1. The van der Waals surface area contributed by atoms with Crippen LogP contribution in [0.1, 0.15) is 17.3 Å². The number of rotatable bonds is 3. The van der Waals surface area contributed by atoms with Gasteiger partial charge in [-0.1, -0.05) is 23.2 Å². The number of amides is 1. The minimum atomic E-state index is -0.152. The van der Waals surface area contributed by atoms with Gasteiger partial charge in [0.15, 0.2) is 0 Å². The minimum Gasteiger partial charge on any atom is -0.338 e. The Balaban J connectivity index is 2.89. The van der Waals surface area contributed by atoms with Crippen molar-refractivity contribution in [1.82, 2.24) is 4.90 Å². The molecule has 6 heteroatoms. The number of nitrogens with zero attached hydrogens (tertiary/aromatic N) is 1. The third-order valence-electron chi connectivity index (χ3n) is 2.21. The van der Waals surface area contributed by atoms with Gasteiger partial charge in [0.1, 0.15) is 4.34 Å². The molecule has 0 bridgehead atoms. The van der Waals surface area contributed by atoms with Crippen LogP contribution in [0, 0.1) is 0 Å². The van der Waals surface area contributed by atoms with Gasteiger partial charge in [0, 0.05) is 19.6 Å². The van der Waals surface area contributed by atoms with Gasteiger partial charge in [-0.05, 0) is 13.0 Å². The summed E-state index contributed by atoms with van der Waals surface area (Å²) in [5.74, 6) is -0.152. The van der Waals surface area contributed by atoms with Gasteiger partial charge in [0.05, 0.1) is 9.90 Å². The molecule has 15 heavy (non-hydrogen) atoms. The zero-order valence-corrected chi connectivity index (χ0v) is 10.8. The lowest BCUT2D eigenvalue weighted by Crippen LogP contribution is -2.39. The molecular weight excluding hydrogens is 255 g/mol. The van der Waals surface area contributed by atoms with Crippen LogP contribution in [0.15, 0.2) is 6.07 Å². The maximum absolute atomic E-state index is 11.9. The van der Waals surface area contributed by atoms with E-state index in [0.717, 1.165) is 0 Å². The molecule has 84 valence electrons. The van der Waals surface area contributed by atoms with Crippen molar-refractivity contribution in [1.29, 1.82) is 0 Å². The van der Waals surface area contributed by atoms with Crippen molar-refractivity contribution in [3.8, 4) is 0 Å². The molecule has 1 aromatic heterocycles. The standard InChI is InChI=1S/C9H12Cl2N2OS/c1-5(4-12)13(2)9(14)6-3-7(10)15-8(6)11/h3,5H,4,12H2,1-2H3. The predicted octanol–water partition coefficient (Wildman–Crippen LogP) is 2.47. The van der Waals surface area contributed by atoms with E-state index in [9.17, 15) is 4.79 Å². The smallest absolute Gasteiger partial charge is 0.256 e. The summed E-state index contributed by atoms with van der Waals surface area (Å²) >= 11 is 12.8. The Morgan fingerprint density at radius 2 is 2.27 bits per heavy atom. The number of halogens is 2. The summed E-state index contributed by atoms with van der Waals surface area (Å²) < 4.78 is 0.929. The molecule has 1 amide bonds. The van der Waals surface area contributed by atoms with E-state index in [2.05, 4.69) is 0 Å².